The number of hydrogen-bond acceptors (Lipinski definition) is 5. The van der Waals surface area contributed by atoms with Gasteiger partial charge in [0, 0.05) is 28.8 Å². The standard InChI is InChI=1S/C26H28N2O5/c1-26(2,16-27-24(30)17-6-5-7-21(29)14-17)19-9-11-20(12-10-19)28-25(31)18-8-13-22(32-3)23(15-18)33-4/h5-15,29H,16H2,1-4H3,(H,27,30)(H,28,31). The molecule has 0 unspecified atom stereocenters. The van der Waals surface area contributed by atoms with Crippen molar-refractivity contribution in [2.45, 2.75) is 19.3 Å². The highest BCUT2D eigenvalue weighted by atomic mass is 16.5. The number of anilines is 1. The molecule has 0 spiro atoms. The molecule has 7 heteroatoms. The van der Waals surface area contributed by atoms with E-state index in [1.54, 1.807) is 37.4 Å². The Balaban J connectivity index is 1.64. The molecule has 0 atom stereocenters. The fraction of sp³-hybridized carbons (Fsp3) is 0.231. The Morgan fingerprint density at radius 2 is 1.52 bits per heavy atom. The van der Waals surface area contributed by atoms with Gasteiger partial charge in [-0.25, -0.2) is 0 Å². The molecule has 0 bridgehead atoms. The largest absolute Gasteiger partial charge is 0.508 e. The predicted octanol–water partition coefficient (Wildman–Crippen LogP) is 4.37. The minimum Gasteiger partial charge on any atom is -0.508 e. The van der Waals surface area contributed by atoms with Crippen LogP contribution in [0.3, 0.4) is 0 Å². The molecule has 0 radical (unpaired) electrons. The summed E-state index contributed by atoms with van der Waals surface area (Å²) in [6.45, 7) is 4.44. The first kappa shape index (κ1) is 23.7. The predicted molar refractivity (Wildman–Crippen MR) is 127 cm³/mol. The highest BCUT2D eigenvalue weighted by Crippen LogP contribution is 2.28. The fourth-order valence-corrected chi connectivity index (χ4v) is 3.34. The lowest BCUT2D eigenvalue weighted by Gasteiger charge is -2.26. The maximum atomic E-state index is 12.6. The second-order valence-corrected chi connectivity index (χ2v) is 8.22. The van der Waals surface area contributed by atoms with Gasteiger partial charge < -0.3 is 25.2 Å². The lowest BCUT2D eigenvalue weighted by molar-refractivity contribution is 0.0944. The van der Waals surface area contributed by atoms with Crippen molar-refractivity contribution in [3.8, 4) is 17.2 Å². The van der Waals surface area contributed by atoms with Crippen LogP contribution in [0, 0.1) is 0 Å². The normalized spacial score (nSPS) is 10.9. The van der Waals surface area contributed by atoms with Gasteiger partial charge in [0.1, 0.15) is 5.75 Å². The van der Waals surface area contributed by atoms with Gasteiger partial charge in [0.15, 0.2) is 11.5 Å². The highest BCUT2D eigenvalue weighted by molar-refractivity contribution is 6.04. The molecule has 3 aromatic carbocycles. The lowest BCUT2D eigenvalue weighted by Crippen LogP contribution is -2.36. The average Bonchev–Trinajstić information content (AvgIpc) is 2.82. The number of amides is 2. The molecule has 0 aliphatic carbocycles. The number of nitrogens with one attached hydrogen (secondary N) is 2. The van der Waals surface area contributed by atoms with E-state index >= 15 is 0 Å². The van der Waals surface area contributed by atoms with Gasteiger partial charge in [-0.3, -0.25) is 9.59 Å². The van der Waals surface area contributed by atoms with Gasteiger partial charge in [0.25, 0.3) is 11.8 Å². The summed E-state index contributed by atoms with van der Waals surface area (Å²) in [6.07, 6.45) is 0. The summed E-state index contributed by atoms with van der Waals surface area (Å²) in [4.78, 5) is 25.0. The first-order valence-electron chi connectivity index (χ1n) is 10.4. The zero-order chi connectivity index (χ0) is 24.0. The Labute approximate surface area is 193 Å². The van der Waals surface area contributed by atoms with E-state index in [-0.39, 0.29) is 23.0 Å². The molecule has 0 heterocycles. The summed E-state index contributed by atoms with van der Waals surface area (Å²) in [5, 5.41) is 15.3. The van der Waals surface area contributed by atoms with Crippen molar-refractivity contribution in [2.75, 3.05) is 26.1 Å². The van der Waals surface area contributed by atoms with Crippen molar-refractivity contribution < 1.29 is 24.2 Å². The van der Waals surface area contributed by atoms with Gasteiger partial charge in [-0.2, -0.15) is 0 Å². The topological polar surface area (TPSA) is 96.9 Å². The van der Waals surface area contributed by atoms with E-state index in [1.165, 1.54) is 19.2 Å². The Hall–Kier alpha value is -4.00. The van der Waals surface area contributed by atoms with Crippen LogP contribution in [0.25, 0.3) is 0 Å². The third-order valence-electron chi connectivity index (χ3n) is 5.37. The van der Waals surface area contributed by atoms with Crippen molar-refractivity contribution >= 4 is 17.5 Å². The Morgan fingerprint density at radius 1 is 0.848 bits per heavy atom. The van der Waals surface area contributed by atoms with Gasteiger partial charge >= 0.3 is 0 Å². The molecule has 172 valence electrons. The smallest absolute Gasteiger partial charge is 0.255 e. The minimum atomic E-state index is -0.349. The summed E-state index contributed by atoms with van der Waals surface area (Å²) < 4.78 is 10.5. The van der Waals surface area contributed by atoms with E-state index in [9.17, 15) is 14.7 Å². The number of carbonyl (C=O) groups is 2. The summed E-state index contributed by atoms with van der Waals surface area (Å²) in [7, 11) is 3.06. The van der Waals surface area contributed by atoms with Crippen LogP contribution < -0.4 is 20.1 Å². The van der Waals surface area contributed by atoms with Crippen LogP contribution in [-0.4, -0.2) is 37.7 Å². The van der Waals surface area contributed by atoms with Crippen LogP contribution in [0.4, 0.5) is 5.69 Å². The fourth-order valence-electron chi connectivity index (χ4n) is 3.34. The summed E-state index contributed by atoms with van der Waals surface area (Å²) in [6, 6.07) is 18.7. The molecule has 0 aliphatic heterocycles. The molecule has 7 nitrogen and oxygen atoms in total. The molecule has 3 aromatic rings. The van der Waals surface area contributed by atoms with Crippen molar-refractivity contribution in [2.24, 2.45) is 0 Å². The number of hydrogen-bond donors (Lipinski definition) is 3. The van der Waals surface area contributed by atoms with Crippen molar-refractivity contribution in [1.82, 2.24) is 5.32 Å². The van der Waals surface area contributed by atoms with E-state index in [0.29, 0.717) is 34.9 Å². The maximum Gasteiger partial charge on any atom is 0.255 e. The average molecular weight is 449 g/mol. The molecule has 0 fully saturated rings. The zero-order valence-electron chi connectivity index (χ0n) is 19.1. The molecule has 0 aliphatic rings. The van der Waals surface area contributed by atoms with Gasteiger partial charge in [-0.15, -0.1) is 0 Å². The number of phenols is 1. The number of benzene rings is 3. The van der Waals surface area contributed by atoms with Crippen molar-refractivity contribution in [3.63, 3.8) is 0 Å². The van der Waals surface area contributed by atoms with Crippen molar-refractivity contribution in [1.29, 1.82) is 0 Å². The third kappa shape index (κ3) is 5.83. The summed E-state index contributed by atoms with van der Waals surface area (Å²) >= 11 is 0. The van der Waals surface area contributed by atoms with Gasteiger partial charge in [0.2, 0.25) is 0 Å². The van der Waals surface area contributed by atoms with Crippen LogP contribution in [0.2, 0.25) is 0 Å². The van der Waals surface area contributed by atoms with Crippen LogP contribution in [-0.2, 0) is 5.41 Å². The summed E-state index contributed by atoms with van der Waals surface area (Å²) in [5.74, 6) is 0.568. The second kappa shape index (κ2) is 10.1. The van der Waals surface area contributed by atoms with E-state index in [4.69, 9.17) is 9.47 Å². The monoisotopic (exact) mass is 448 g/mol. The van der Waals surface area contributed by atoms with E-state index in [0.717, 1.165) is 5.56 Å². The molecular formula is C26H28N2O5. The highest BCUT2D eigenvalue weighted by Gasteiger charge is 2.22. The number of ether oxygens (including phenoxy) is 2. The molecule has 0 saturated heterocycles. The number of carbonyl (C=O) groups excluding carboxylic acids is 2. The molecule has 0 saturated carbocycles. The molecule has 0 aromatic heterocycles. The number of aromatic hydroxyl groups is 1. The molecule has 3 N–H and O–H groups in total. The van der Waals surface area contributed by atoms with Crippen LogP contribution in [0.15, 0.2) is 66.7 Å². The quantitative estimate of drug-likeness (QED) is 0.476. The summed E-state index contributed by atoms with van der Waals surface area (Å²) in [5.41, 5.74) is 2.16. The third-order valence-corrected chi connectivity index (χ3v) is 5.37. The number of methoxy groups -OCH3 is 2. The van der Waals surface area contributed by atoms with E-state index in [1.807, 2.05) is 38.1 Å². The van der Waals surface area contributed by atoms with Crippen molar-refractivity contribution in [3.05, 3.63) is 83.4 Å². The maximum absolute atomic E-state index is 12.6. The van der Waals surface area contributed by atoms with Crippen LogP contribution in [0.1, 0.15) is 40.1 Å². The van der Waals surface area contributed by atoms with Gasteiger partial charge in [-0.05, 0) is 54.1 Å². The SMILES string of the molecule is COc1ccc(C(=O)Nc2ccc(C(C)(C)CNC(=O)c3cccc(O)c3)cc2)cc1OC. The Morgan fingerprint density at radius 3 is 2.15 bits per heavy atom. The lowest BCUT2D eigenvalue weighted by atomic mass is 9.84. The molecule has 3 rings (SSSR count). The molecule has 2 amide bonds. The number of phenolic OH excluding ortho intramolecular Hbond substituents is 1. The van der Waals surface area contributed by atoms with Gasteiger partial charge in [-0.1, -0.05) is 32.0 Å². The zero-order valence-corrected chi connectivity index (χ0v) is 19.1. The van der Waals surface area contributed by atoms with E-state index < -0.39 is 0 Å². The van der Waals surface area contributed by atoms with Crippen LogP contribution >= 0.6 is 0 Å². The first-order valence-corrected chi connectivity index (χ1v) is 10.4. The second-order valence-electron chi connectivity index (χ2n) is 8.22. The van der Waals surface area contributed by atoms with Crippen LogP contribution in [0.5, 0.6) is 17.2 Å². The number of rotatable bonds is 8. The molecule has 33 heavy (non-hydrogen) atoms. The van der Waals surface area contributed by atoms with Gasteiger partial charge in [0.05, 0.1) is 14.2 Å². The first-order chi connectivity index (χ1) is 15.7. The van der Waals surface area contributed by atoms with E-state index in [2.05, 4.69) is 10.6 Å². The minimum absolute atomic E-state index is 0.0487. The Bertz CT molecular complexity index is 1140. The molecular weight excluding hydrogens is 420 g/mol. The Kier molecular flexibility index (Phi) is 7.23.